The van der Waals surface area contributed by atoms with Crippen molar-refractivity contribution >= 4 is 17.8 Å². The molecule has 1 unspecified atom stereocenters. The van der Waals surface area contributed by atoms with Crippen molar-refractivity contribution in [1.29, 1.82) is 0 Å². The average molecular weight is 439 g/mol. The van der Waals surface area contributed by atoms with E-state index in [1.165, 1.54) is 0 Å². The molecule has 4 rings (SSSR count). The molecule has 1 aromatic heterocycles. The smallest absolute Gasteiger partial charge is 0.475 e. The summed E-state index contributed by atoms with van der Waals surface area (Å²) in [6.45, 7) is 2.66. The van der Waals surface area contributed by atoms with Crippen LogP contribution in [-0.2, 0) is 20.9 Å². The molecule has 1 aliphatic carbocycles. The van der Waals surface area contributed by atoms with Crippen LogP contribution in [0.2, 0.25) is 0 Å². The molecule has 10 heteroatoms. The number of hydrogen-bond acceptors (Lipinski definition) is 4. The molecule has 2 amide bonds. The van der Waals surface area contributed by atoms with Crippen LogP contribution in [0.15, 0.2) is 36.5 Å². The highest BCUT2D eigenvalue weighted by molar-refractivity contribution is 5.87. The molecule has 31 heavy (non-hydrogen) atoms. The molecule has 3 heterocycles. The number of carbonyl (C=O) groups is 3. The summed E-state index contributed by atoms with van der Waals surface area (Å²) < 4.78 is 31.7. The number of aromatic nitrogens is 1. The van der Waals surface area contributed by atoms with Gasteiger partial charge in [-0.25, -0.2) is 4.79 Å². The number of carboxylic acid groups (broad SMARTS) is 1. The largest absolute Gasteiger partial charge is 0.490 e. The molecule has 3 aliphatic rings. The topological polar surface area (TPSA) is 90.8 Å². The minimum Gasteiger partial charge on any atom is -0.475 e. The number of amides is 2. The fraction of sp³-hybridized carbons (Fsp3) is 0.524. The van der Waals surface area contributed by atoms with Gasteiger partial charge in [0.2, 0.25) is 11.8 Å². The minimum atomic E-state index is -5.08. The van der Waals surface area contributed by atoms with Crippen molar-refractivity contribution in [2.45, 2.75) is 38.4 Å². The van der Waals surface area contributed by atoms with Crippen molar-refractivity contribution in [3.8, 4) is 0 Å². The predicted molar refractivity (Wildman–Crippen MR) is 103 cm³/mol. The highest BCUT2D eigenvalue weighted by Gasteiger charge is 2.52. The van der Waals surface area contributed by atoms with Gasteiger partial charge in [0.15, 0.2) is 0 Å². The molecule has 2 fully saturated rings. The van der Waals surface area contributed by atoms with Gasteiger partial charge in [0.1, 0.15) is 0 Å². The summed E-state index contributed by atoms with van der Waals surface area (Å²) in [6.07, 6.45) is 4.21. The van der Waals surface area contributed by atoms with E-state index in [-0.39, 0.29) is 23.1 Å². The summed E-state index contributed by atoms with van der Waals surface area (Å²) >= 11 is 0. The molecule has 2 saturated heterocycles. The summed E-state index contributed by atoms with van der Waals surface area (Å²) in [5.74, 6) is -2.23. The Morgan fingerprint density at radius 3 is 2.39 bits per heavy atom. The van der Waals surface area contributed by atoms with Gasteiger partial charge >= 0.3 is 12.1 Å². The van der Waals surface area contributed by atoms with Gasteiger partial charge in [-0.1, -0.05) is 18.2 Å². The van der Waals surface area contributed by atoms with Crippen LogP contribution < -0.4 is 0 Å². The molecular formula is C21H24F3N3O4. The van der Waals surface area contributed by atoms with E-state index in [0.29, 0.717) is 13.1 Å². The maximum absolute atomic E-state index is 13.0. The lowest BCUT2D eigenvalue weighted by Crippen LogP contribution is -2.39. The molecule has 168 valence electrons. The summed E-state index contributed by atoms with van der Waals surface area (Å²) in [6, 6.07) is 5.79. The van der Waals surface area contributed by atoms with E-state index < -0.39 is 12.1 Å². The second kappa shape index (κ2) is 9.07. The summed E-state index contributed by atoms with van der Waals surface area (Å²) in [4.78, 5) is 42.6. The molecule has 1 aromatic rings. The maximum Gasteiger partial charge on any atom is 0.490 e. The first kappa shape index (κ1) is 22.8. The molecule has 0 saturated carbocycles. The van der Waals surface area contributed by atoms with Crippen molar-refractivity contribution in [3.05, 3.63) is 42.2 Å². The van der Waals surface area contributed by atoms with E-state index in [9.17, 15) is 22.8 Å². The standard InChI is InChI=1S/C19H23N3O2.C2HF3O2/c23-17(15-5-1-2-6-15)22-12-9-19(14-22)8-11-21(18(19)24)13-16-7-3-4-10-20-16;3-2(4,5)1(6)7/h1-4,7,10,15H,5-6,8-9,11-14H2;(H,6,7). The number of pyridine rings is 1. The Kier molecular flexibility index (Phi) is 6.66. The number of halogens is 3. The zero-order valence-electron chi connectivity index (χ0n) is 16.8. The van der Waals surface area contributed by atoms with Crippen LogP contribution in [0.5, 0.6) is 0 Å². The highest BCUT2D eigenvalue weighted by Crippen LogP contribution is 2.42. The number of carbonyl (C=O) groups excluding carboxylic acids is 2. The van der Waals surface area contributed by atoms with Crippen LogP contribution in [0.25, 0.3) is 0 Å². The third-order valence-corrected chi connectivity index (χ3v) is 5.95. The molecular weight excluding hydrogens is 415 g/mol. The number of rotatable bonds is 3. The van der Waals surface area contributed by atoms with Crippen molar-refractivity contribution in [3.63, 3.8) is 0 Å². The molecule has 1 N–H and O–H groups in total. The number of carboxylic acids is 1. The first-order chi connectivity index (χ1) is 14.6. The van der Waals surface area contributed by atoms with Gasteiger partial charge < -0.3 is 14.9 Å². The van der Waals surface area contributed by atoms with E-state index in [1.54, 1.807) is 6.20 Å². The molecule has 1 atom stereocenters. The van der Waals surface area contributed by atoms with Crippen molar-refractivity contribution in [2.75, 3.05) is 19.6 Å². The first-order valence-electron chi connectivity index (χ1n) is 10.1. The zero-order valence-corrected chi connectivity index (χ0v) is 16.8. The lowest BCUT2D eigenvalue weighted by Gasteiger charge is -2.25. The van der Waals surface area contributed by atoms with Gasteiger partial charge in [0.05, 0.1) is 17.7 Å². The Balaban J connectivity index is 0.000000339. The van der Waals surface area contributed by atoms with E-state index in [2.05, 4.69) is 17.1 Å². The van der Waals surface area contributed by atoms with Crippen LogP contribution in [0.4, 0.5) is 13.2 Å². The molecule has 0 aromatic carbocycles. The molecule has 0 bridgehead atoms. The van der Waals surface area contributed by atoms with Crippen molar-refractivity contribution in [2.24, 2.45) is 11.3 Å². The Morgan fingerprint density at radius 1 is 1.16 bits per heavy atom. The van der Waals surface area contributed by atoms with Crippen LogP contribution in [0.3, 0.4) is 0 Å². The average Bonchev–Trinajstić information content (AvgIpc) is 3.47. The van der Waals surface area contributed by atoms with Crippen molar-refractivity contribution < 1.29 is 32.7 Å². The maximum atomic E-state index is 13.0. The van der Waals surface area contributed by atoms with Crippen LogP contribution in [0, 0.1) is 11.3 Å². The number of likely N-dealkylation sites (tertiary alicyclic amines) is 2. The van der Waals surface area contributed by atoms with E-state index >= 15 is 0 Å². The zero-order chi connectivity index (χ0) is 22.6. The molecule has 2 aliphatic heterocycles. The monoisotopic (exact) mass is 439 g/mol. The summed E-state index contributed by atoms with van der Waals surface area (Å²) in [7, 11) is 0. The third kappa shape index (κ3) is 5.23. The van der Waals surface area contributed by atoms with Gasteiger partial charge in [-0.05, 0) is 37.8 Å². The van der Waals surface area contributed by atoms with Gasteiger partial charge in [-0.15, -0.1) is 0 Å². The molecule has 1 spiro atoms. The number of alkyl halides is 3. The number of nitrogens with zero attached hydrogens (tertiary/aromatic N) is 3. The Morgan fingerprint density at radius 2 is 1.81 bits per heavy atom. The van der Waals surface area contributed by atoms with Crippen LogP contribution in [-0.4, -0.2) is 63.5 Å². The van der Waals surface area contributed by atoms with E-state index in [0.717, 1.165) is 44.5 Å². The second-order valence-corrected chi connectivity index (χ2v) is 8.03. The third-order valence-electron chi connectivity index (χ3n) is 5.95. The fourth-order valence-electron chi connectivity index (χ4n) is 4.25. The normalized spacial score (nSPS) is 23.4. The lowest BCUT2D eigenvalue weighted by atomic mass is 9.85. The number of aliphatic carboxylic acids is 1. The van der Waals surface area contributed by atoms with Gasteiger partial charge in [-0.3, -0.25) is 14.6 Å². The Labute approximate surface area is 177 Å². The second-order valence-electron chi connectivity index (χ2n) is 8.03. The highest BCUT2D eigenvalue weighted by atomic mass is 19.4. The van der Waals surface area contributed by atoms with Gasteiger partial charge in [-0.2, -0.15) is 13.2 Å². The summed E-state index contributed by atoms with van der Waals surface area (Å²) in [5.41, 5.74) is 0.571. The number of hydrogen-bond donors (Lipinski definition) is 1. The van der Waals surface area contributed by atoms with Crippen LogP contribution in [0.1, 0.15) is 31.4 Å². The fourth-order valence-corrected chi connectivity index (χ4v) is 4.25. The predicted octanol–water partition coefficient (Wildman–Crippen LogP) is 2.63. The molecule has 0 radical (unpaired) electrons. The van der Waals surface area contributed by atoms with Crippen molar-refractivity contribution in [1.82, 2.24) is 14.8 Å². The van der Waals surface area contributed by atoms with E-state index in [1.807, 2.05) is 28.0 Å². The lowest BCUT2D eigenvalue weighted by molar-refractivity contribution is -0.192. The van der Waals surface area contributed by atoms with Gasteiger partial charge in [0, 0.05) is 31.7 Å². The number of allylic oxidation sites excluding steroid dienone is 2. The SMILES string of the molecule is O=C(C1CC=CC1)N1CCC2(CCN(Cc3ccccn3)C2=O)C1.O=C(O)C(F)(F)F. The minimum absolute atomic E-state index is 0.0984. The Bertz CT molecular complexity index is 851. The van der Waals surface area contributed by atoms with E-state index in [4.69, 9.17) is 9.90 Å². The quantitative estimate of drug-likeness (QED) is 0.732. The molecule has 7 nitrogen and oxygen atoms in total. The van der Waals surface area contributed by atoms with Gasteiger partial charge in [0.25, 0.3) is 0 Å². The van der Waals surface area contributed by atoms with Crippen LogP contribution >= 0.6 is 0 Å². The first-order valence-corrected chi connectivity index (χ1v) is 10.1. The summed E-state index contributed by atoms with van der Waals surface area (Å²) in [5, 5.41) is 7.12. The Hall–Kier alpha value is -2.91.